The minimum Gasteiger partial charge on any atom is -0.493 e. The molecule has 8 heteroatoms. The Bertz CT molecular complexity index is 912. The fourth-order valence-electron chi connectivity index (χ4n) is 2.40. The fourth-order valence-corrected chi connectivity index (χ4v) is 3.31. The predicted molar refractivity (Wildman–Crippen MR) is 111 cm³/mol. The number of hydrogen-bond acceptors (Lipinski definition) is 5. The molecule has 0 atom stereocenters. The highest BCUT2D eigenvalue weighted by Gasteiger charge is 2.14. The first-order valence-electron chi connectivity index (χ1n) is 9.00. The van der Waals surface area contributed by atoms with Gasteiger partial charge in [-0.15, -0.1) is 0 Å². The Labute approximate surface area is 170 Å². The Balaban J connectivity index is 1.99. The summed E-state index contributed by atoms with van der Waals surface area (Å²) in [6, 6.07) is 12.4. The van der Waals surface area contributed by atoms with Gasteiger partial charge >= 0.3 is 0 Å². The molecule has 0 amide bonds. The quantitative estimate of drug-likeness (QED) is 0.251. The SMILES string of the molecule is CCCCCCOc1ccccc1C(=O)/C=N/NS(=O)(=O)c1ccc(Cl)cc1. The molecule has 0 aliphatic carbocycles. The van der Waals surface area contributed by atoms with Gasteiger partial charge in [-0.25, -0.2) is 0 Å². The van der Waals surface area contributed by atoms with Crippen LogP contribution in [0.4, 0.5) is 0 Å². The molecular weight excluding hydrogens is 400 g/mol. The van der Waals surface area contributed by atoms with Crippen molar-refractivity contribution in [3.8, 4) is 5.75 Å². The first-order valence-corrected chi connectivity index (χ1v) is 10.9. The zero-order chi connectivity index (χ0) is 20.4. The van der Waals surface area contributed by atoms with Crippen LogP contribution in [0, 0.1) is 0 Å². The number of Topliss-reactive ketones (excluding diaryl/α,β-unsaturated/α-hetero) is 1. The van der Waals surface area contributed by atoms with E-state index in [1.54, 1.807) is 24.3 Å². The van der Waals surface area contributed by atoms with E-state index in [1.165, 1.54) is 24.3 Å². The van der Waals surface area contributed by atoms with Gasteiger partial charge in [0.05, 0.1) is 23.3 Å². The molecule has 0 unspecified atom stereocenters. The zero-order valence-electron chi connectivity index (χ0n) is 15.6. The maximum atomic E-state index is 12.4. The summed E-state index contributed by atoms with van der Waals surface area (Å²) in [7, 11) is -3.88. The molecule has 0 saturated heterocycles. The number of unbranched alkanes of at least 4 members (excludes halogenated alkanes) is 3. The van der Waals surface area contributed by atoms with Crippen molar-refractivity contribution in [2.24, 2.45) is 5.10 Å². The highest BCUT2D eigenvalue weighted by atomic mass is 35.5. The number of nitrogens with one attached hydrogen (secondary N) is 1. The van der Waals surface area contributed by atoms with E-state index in [1.807, 2.05) is 4.83 Å². The zero-order valence-corrected chi connectivity index (χ0v) is 17.2. The van der Waals surface area contributed by atoms with Crippen LogP contribution in [0.15, 0.2) is 58.5 Å². The second-order valence-corrected chi connectivity index (χ2v) is 8.17. The van der Waals surface area contributed by atoms with Crippen LogP contribution in [0.1, 0.15) is 43.0 Å². The van der Waals surface area contributed by atoms with E-state index in [-0.39, 0.29) is 4.90 Å². The van der Waals surface area contributed by atoms with Gasteiger partial charge in [0.2, 0.25) is 5.78 Å². The maximum Gasteiger partial charge on any atom is 0.276 e. The third-order valence-corrected chi connectivity index (χ3v) is 5.38. The molecule has 0 fully saturated rings. The summed E-state index contributed by atoms with van der Waals surface area (Å²) >= 11 is 5.75. The molecule has 0 bridgehead atoms. The van der Waals surface area contributed by atoms with Gasteiger partial charge in [-0.1, -0.05) is 49.9 Å². The molecule has 0 spiro atoms. The van der Waals surface area contributed by atoms with E-state index >= 15 is 0 Å². The number of hydrogen-bond donors (Lipinski definition) is 1. The van der Waals surface area contributed by atoms with Gasteiger partial charge < -0.3 is 4.74 Å². The second-order valence-electron chi connectivity index (χ2n) is 6.08. The average molecular weight is 423 g/mol. The smallest absolute Gasteiger partial charge is 0.276 e. The molecule has 6 nitrogen and oxygen atoms in total. The van der Waals surface area contributed by atoms with Gasteiger partial charge in [-0.05, 0) is 42.8 Å². The lowest BCUT2D eigenvalue weighted by molar-refractivity contribution is 0.106. The van der Waals surface area contributed by atoms with E-state index in [2.05, 4.69) is 12.0 Å². The van der Waals surface area contributed by atoms with Crippen molar-refractivity contribution in [1.29, 1.82) is 0 Å². The van der Waals surface area contributed by atoms with E-state index < -0.39 is 15.8 Å². The molecule has 2 aromatic carbocycles. The van der Waals surface area contributed by atoms with Crippen molar-refractivity contribution in [2.75, 3.05) is 6.61 Å². The number of carbonyl (C=O) groups excluding carboxylic acids is 1. The molecule has 0 radical (unpaired) electrons. The summed E-state index contributed by atoms with van der Waals surface area (Å²) in [5, 5.41) is 4.00. The summed E-state index contributed by atoms with van der Waals surface area (Å²) in [5.74, 6) is -0.000953. The number of ketones is 1. The lowest BCUT2D eigenvalue weighted by Crippen LogP contribution is -2.19. The number of ether oxygens (including phenoxy) is 1. The summed E-state index contributed by atoms with van der Waals surface area (Å²) < 4.78 is 30.0. The lowest BCUT2D eigenvalue weighted by Gasteiger charge is -2.09. The summed E-state index contributed by atoms with van der Waals surface area (Å²) in [6.07, 6.45) is 5.18. The molecule has 1 N–H and O–H groups in total. The van der Waals surface area contributed by atoms with Gasteiger partial charge in [0, 0.05) is 5.02 Å². The van der Waals surface area contributed by atoms with Crippen LogP contribution in [0.5, 0.6) is 5.75 Å². The van der Waals surface area contributed by atoms with Crippen LogP contribution in [0.2, 0.25) is 5.02 Å². The third-order valence-electron chi connectivity index (χ3n) is 3.89. The average Bonchev–Trinajstić information content (AvgIpc) is 2.68. The van der Waals surface area contributed by atoms with Crippen molar-refractivity contribution in [1.82, 2.24) is 4.83 Å². The normalized spacial score (nSPS) is 11.5. The molecule has 0 aliphatic rings. The van der Waals surface area contributed by atoms with Crippen LogP contribution >= 0.6 is 11.6 Å². The van der Waals surface area contributed by atoms with Gasteiger partial charge in [-0.2, -0.15) is 18.4 Å². The highest BCUT2D eigenvalue weighted by Crippen LogP contribution is 2.19. The molecule has 28 heavy (non-hydrogen) atoms. The Kier molecular flexibility index (Phi) is 8.47. The molecule has 0 aliphatic heterocycles. The number of hydrazone groups is 1. The van der Waals surface area contributed by atoms with Crippen LogP contribution in [-0.2, 0) is 10.0 Å². The minimum atomic E-state index is -3.88. The Morgan fingerprint density at radius 3 is 2.54 bits per heavy atom. The van der Waals surface area contributed by atoms with Gasteiger partial charge in [0.15, 0.2) is 0 Å². The molecule has 2 aromatic rings. The van der Waals surface area contributed by atoms with Crippen LogP contribution in [0.3, 0.4) is 0 Å². The van der Waals surface area contributed by atoms with Gasteiger partial charge in [-0.3, -0.25) is 4.79 Å². The predicted octanol–water partition coefficient (Wildman–Crippen LogP) is 4.45. The molecule has 0 saturated carbocycles. The molecule has 0 aromatic heterocycles. The van der Waals surface area contributed by atoms with Crippen molar-refractivity contribution >= 4 is 33.6 Å². The van der Waals surface area contributed by atoms with Crippen molar-refractivity contribution < 1.29 is 17.9 Å². The second kappa shape index (κ2) is 10.8. The van der Waals surface area contributed by atoms with E-state index in [0.717, 1.165) is 31.9 Å². The number of sulfonamides is 1. The molecule has 2 rings (SSSR count). The van der Waals surface area contributed by atoms with Gasteiger partial charge in [0.1, 0.15) is 5.75 Å². The number of para-hydroxylation sites is 1. The minimum absolute atomic E-state index is 0.00249. The van der Waals surface area contributed by atoms with Gasteiger partial charge in [0.25, 0.3) is 10.0 Å². The number of nitrogens with zero attached hydrogens (tertiary/aromatic N) is 1. The molecule has 0 heterocycles. The standard InChI is InChI=1S/C20H23ClN2O4S/c1-2-3-4-7-14-27-20-9-6-5-8-18(20)19(24)15-22-23-28(25,26)17-12-10-16(21)11-13-17/h5-6,8-13,15,23H,2-4,7,14H2,1H3/b22-15+. The molecular formula is C20H23ClN2O4S. The number of halogens is 1. The van der Waals surface area contributed by atoms with Crippen LogP contribution in [-0.4, -0.2) is 27.0 Å². The van der Waals surface area contributed by atoms with Crippen LogP contribution in [0.25, 0.3) is 0 Å². The first-order chi connectivity index (χ1) is 13.4. The fraction of sp³-hybridized carbons (Fsp3) is 0.300. The number of carbonyl (C=O) groups is 1. The summed E-state index contributed by atoms with van der Waals surface area (Å²) in [4.78, 5) is 14.4. The highest BCUT2D eigenvalue weighted by molar-refractivity contribution is 7.89. The Morgan fingerprint density at radius 2 is 1.82 bits per heavy atom. The third kappa shape index (κ3) is 6.65. The topological polar surface area (TPSA) is 84.8 Å². The van der Waals surface area contributed by atoms with Crippen molar-refractivity contribution in [3.05, 3.63) is 59.1 Å². The van der Waals surface area contributed by atoms with E-state index in [4.69, 9.17) is 16.3 Å². The maximum absolute atomic E-state index is 12.4. The van der Waals surface area contributed by atoms with Crippen molar-refractivity contribution in [2.45, 2.75) is 37.5 Å². The first kappa shape index (κ1) is 21.9. The van der Waals surface area contributed by atoms with E-state index in [9.17, 15) is 13.2 Å². The molecule has 150 valence electrons. The monoisotopic (exact) mass is 422 g/mol. The van der Waals surface area contributed by atoms with Crippen LogP contribution < -0.4 is 9.57 Å². The Morgan fingerprint density at radius 1 is 1.11 bits per heavy atom. The van der Waals surface area contributed by atoms with E-state index in [0.29, 0.717) is 22.9 Å². The van der Waals surface area contributed by atoms with Crippen molar-refractivity contribution in [3.63, 3.8) is 0 Å². The lowest BCUT2D eigenvalue weighted by atomic mass is 10.1. The number of benzene rings is 2. The number of rotatable bonds is 11. The summed E-state index contributed by atoms with van der Waals surface area (Å²) in [5.41, 5.74) is 0.326. The largest absolute Gasteiger partial charge is 0.493 e. The summed E-state index contributed by atoms with van der Waals surface area (Å²) in [6.45, 7) is 2.65. The Hall–Kier alpha value is -2.38.